The van der Waals surface area contributed by atoms with Gasteiger partial charge < -0.3 is 21.7 Å². The van der Waals surface area contributed by atoms with Gasteiger partial charge in [0.05, 0.1) is 11.3 Å². The Kier molecular flexibility index (Phi) is 6.34. The van der Waals surface area contributed by atoms with E-state index in [1.165, 1.54) is 0 Å². The number of carbonyl (C=O) groups is 1. The van der Waals surface area contributed by atoms with Crippen molar-refractivity contribution in [1.29, 1.82) is 0 Å². The summed E-state index contributed by atoms with van der Waals surface area (Å²) in [5, 5.41) is 2.42. The number of amidine groups is 1. The van der Waals surface area contributed by atoms with E-state index in [1.807, 2.05) is 18.2 Å². The molecular formula is C27H28F3N7O. The van der Waals surface area contributed by atoms with Gasteiger partial charge >= 0.3 is 6.18 Å². The molecule has 2 heterocycles. The maximum absolute atomic E-state index is 13.0. The summed E-state index contributed by atoms with van der Waals surface area (Å²) in [4.78, 5) is 27.5. The van der Waals surface area contributed by atoms with E-state index in [0.29, 0.717) is 22.8 Å². The highest BCUT2D eigenvalue weighted by Crippen LogP contribution is 2.54. The highest BCUT2D eigenvalue weighted by atomic mass is 19.4. The molecule has 1 aromatic carbocycles. The van der Waals surface area contributed by atoms with Crippen LogP contribution in [0.25, 0.3) is 5.70 Å². The Morgan fingerprint density at radius 1 is 1.13 bits per heavy atom. The van der Waals surface area contributed by atoms with E-state index in [-0.39, 0.29) is 22.3 Å². The molecule has 0 atom stereocenters. The third-order valence-electron chi connectivity index (χ3n) is 7.49. The quantitative estimate of drug-likeness (QED) is 0.497. The molecule has 3 aliphatic rings. The summed E-state index contributed by atoms with van der Waals surface area (Å²) in [7, 11) is 1.85. The zero-order valence-corrected chi connectivity index (χ0v) is 20.8. The highest BCUT2D eigenvalue weighted by Gasteiger charge is 2.51. The van der Waals surface area contributed by atoms with E-state index < -0.39 is 17.6 Å². The first-order valence-corrected chi connectivity index (χ1v) is 12.2. The van der Waals surface area contributed by atoms with Gasteiger partial charge in [0.25, 0.3) is 5.91 Å². The van der Waals surface area contributed by atoms with Gasteiger partial charge in [-0.2, -0.15) is 13.2 Å². The third-order valence-corrected chi connectivity index (χ3v) is 7.49. The van der Waals surface area contributed by atoms with Crippen LogP contribution in [0.4, 0.5) is 19.0 Å². The zero-order valence-electron chi connectivity index (χ0n) is 20.8. The molecular weight excluding hydrogens is 495 g/mol. The fourth-order valence-corrected chi connectivity index (χ4v) is 5.41. The van der Waals surface area contributed by atoms with Crippen LogP contribution >= 0.6 is 0 Å². The number of rotatable bonds is 5. The number of aliphatic imine (C=N–C) groups is 2. The molecule has 1 amide bonds. The van der Waals surface area contributed by atoms with Crippen LogP contribution in [0, 0.1) is 5.41 Å². The predicted octanol–water partition coefficient (Wildman–Crippen LogP) is 4.53. The van der Waals surface area contributed by atoms with Gasteiger partial charge in [-0.1, -0.05) is 12.1 Å². The largest absolute Gasteiger partial charge is 0.416 e. The van der Waals surface area contributed by atoms with E-state index >= 15 is 0 Å². The number of nitrogens with one attached hydrogen (secondary N) is 1. The number of amides is 1. The second kappa shape index (κ2) is 9.39. The number of fused-ring (bicyclic) bond motifs is 2. The minimum Gasteiger partial charge on any atom is -0.382 e. The lowest BCUT2D eigenvalue weighted by Gasteiger charge is -2.25. The number of pyridine rings is 1. The van der Waals surface area contributed by atoms with Gasteiger partial charge in [-0.15, -0.1) is 0 Å². The molecule has 5 rings (SSSR count). The van der Waals surface area contributed by atoms with Crippen molar-refractivity contribution >= 4 is 29.5 Å². The predicted molar refractivity (Wildman–Crippen MR) is 140 cm³/mol. The number of hydrogen-bond donors (Lipinski definition) is 3. The summed E-state index contributed by atoms with van der Waals surface area (Å²) in [5.41, 5.74) is 13.9. The SMILES string of the molecule is CN1C=CN=C(N)/C1=C(/N=C/C12CCC(N)(CC1)C2)c1ccc(C(=O)Nc2cc(C(F)(F)F)ccn2)cc1. The summed E-state index contributed by atoms with van der Waals surface area (Å²) in [6.07, 6.45) is 6.65. The van der Waals surface area contributed by atoms with Gasteiger partial charge in [-0.25, -0.2) is 9.98 Å². The van der Waals surface area contributed by atoms with E-state index in [0.717, 1.165) is 50.4 Å². The Balaban J connectivity index is 1.43. The van der Waals surface area contributed by atoms with Crippen LogP contribution in [-0.4, -0.2) is 40.4 Å². The molecule has 0 saturated heterocycles. The van der Waals surface area contributed by atoms with E-state index in [2.05, 4.69) is 15.3 Å². The topological polar surface area (TPSA) is 122 Å². The van der Waals surface area contributed by atoms with Gasteiger partial charge in [0.2, 0.25) is 0 Å². The monoisotopic (exact) mass is 523 g/mol. The van der Waals surface area contributed by atoms with Crippen LogP contribution in [0.15, 0.2) is 70.7 Å². The first-order chi connectivity index (χ1) is 18.0. The van der Waals surface area contributed by atoms with Crippen molar-refractivity contribution in [3.63, 3.8) is 0 Å². The second-order valence-corrected chi connectivity index (χ2v) is 10.2. The van der Waals surface area contributed by atoms with Gasteiger partial charge in [0.1, 0.15) is 17.4 Å². The fraction of sp³-hybridized carbons (Fsp3) is 0.333. The summed E-state index contributed by atoms with van der Waals surface area (Å²) in [6, 6.07) is 8.24. The lowest BCUT2D eigenvalue weighted by Crippen LogP contribution is -2.33. The molecule has 1 aromatic heterocycles. The number of halogens is 3. The van der Waals surface area contributed by atoms with Crippen LogP contribution in [0.1, 0.15) is 53.6 Å². The molecule has 2 aliphatic carbocycles. The van der Waals surface area contributed by atoms with Crippen molar-refractivity contribution in [2.45, 2.75) is 43.8 Å². The van der Waals surface area contributed by atoms with Crippen molar-refractivity contribution in [1.82, 2.24) is 9.88 Å². The van der Waals surface area contributed by atoms with Gasteiger partial charge in [0.15, 0.2) is 0 Å². The maximum Gasteiger partial charge on any atom is 0.416 e. The molecule has 8 nitrogen and oxygen atoms in total. The molecule has 2 aromatic rings. The number of likely N-dealkylation sites (N-methyl/N-ethyl adjacent to an activating group) is 1. The van der Waals surface area contributed by atoms with E-state index in [9.17, 15) is 18.0 Å². The molecule has 5 N–H and O–H groups in total. The third kappa shape index (κ3) is 5.06. The molecule has 2 fully saturated rings. The van der Waals surface area contributed by atoms with E-state index in [1.54, 1.807) is 36.7 Å². The van der Waals surface area contributed by atoms with Gasteiger partial charge in [-0.3, -0.25) is 9.79 Å². The smallest absolute Gasteiger partial charge is 0.382 e. The van der Waals surface area contributed by atoms with Crippen LogP contribution < -0.4 is 16.8 Å². The Morgan fingerprint density at radius 2 is 1.82 bits per heavy atom. The van der Waals surface area contributed by atoms with Crippen molar-refractivity contribution < 1.29 is 18.0 Å². The summed E-state index contributed by atoms with van der Waals surface area (Å²) in [6.45, 7) is 0. The molecule has 2 saturated carbocycles. The number of nitrogens with two attached hydrogens (primary N) is 2. The second-order valence-electron chi connectivity index (χ2n) is 10.2. The van der Waals surface area contributed by atoms with Gasteiger partial charge in [0, 0.05) is 53.9 Å². The number of nitrogens with zero attached hydrogens (tertiary/aromatic N) is 4. The van der Waals surface area contributed by atoms with Crippen LogP contribution in [0.3, 0.4) is 0 Å². The number of alkyl halides is 3. The Labute approximate surface area is 218 Å². The van der Waals surface area contributed by atoms with Crippen molar-refractivity contribution in [2.75, 3.05) is 12.4 Å². The van der Waals surface area contributed by atoms with E-state index in [4.69, 9.17) is 16.5 Å². The molecule has 0 unspecified atom stereocenters. The molecule has 198 valence electrons. The number of aromatic nitrogens is 1. The minimum atomic E-state index is -4.54. The molecule has 0 radical (unpaired) electrons. The summed E-state index contributed by atoms with van der Waals surface area (Å²) in [5.74, 6) is -0.470. The van der Waals surface area contributed by atoms with Crippen LogP contribution in [0.2, 0.25) is 0 Å². The standard InChI is InChI=1S/C27H28F3N7O/c1-37-13-12-34-23(31)22(37)21(35-16-25-7-9-26(32,15-25)10-8-25)17-2-4-18(5-3-17)24(38)36-20-14-19(6-11-33-20)27(28,29)30/h2-6,11-14,16H,7-10,15,32H2,1H3,(H2,31,34)(H,33,36,38)/b22-21-,35-16+. The van der Waals surface area contributed by atoms with Crippen molar-refractivity contribution in [3.8, 4) is 0 Å². The van der Waals surface area contributed by atoms with Crippen LogP contribution in [0.5, 0.6) is 0 Å². The average molecular weight is 524 g/mol. The lowest BCUT2D eigenvalue weighted by atomic mass is 9.85. The zero-order chi connectivity index (χ0) is 27.1. The Bertz CT molecular complexity index is 1370. The minimum absolute atomic E-state index is 0.0483. The first-order valence-electron chi connectivity index (χ1n) is 12.2. The number of hydrogen-bond acceptors (Lipinski definition) is 7. The average Bonchev–Trinajstić information content (AvgIpc) is 3.39. The van der Waals surface area contributed by atoms with Crippen molar-refractivity contribution in [3.05, 3.63) is 77.4 Å². The first kappa shape index (κ1) is 25.7. The normalized spacial score (nSPS) is 26.1. The lowest BCUT2D eigenvalue weighted by molar-refractivity contribution is -0.137. The molecule has 0 spiro atoms. The molecule has 38 heavy (non-hydrogen) atoms. The number of carbonyl (C=O) groups excluding carboxylic acids is 1. The number of benzene rings is 1. The van der Waals surface area contributed by atoms with Crippen LogP contribution in [-0.2, 0) is 6.18 Å². The molecule has 11 heteroatoms. The fourth-order valence-electron chi connectivity index (χ4n) is 5.41. The molecule has 2 bridgehead atoms. The summed E-state index contributed by atoms with van der Waals surface area (Å²) >= 11 is 0. The Morgan fingerprint density at radius 3 is 2.42 bits per heavy atom. The highest BCUT2D eigenvalue weighted by molar-refractivity contribution is 6.06. The number of anilines is 1. The maximum atomic E-state index is 13.0. The van der Waals surface area contributed by atoms with Crippen molar-refractivity contribution in [2.24, 2.45) is 26.9 Å². The Hall–Kier alpha value is -3.99. The van der Waals surface area contributed by atoms with Gasteiger partial charge in [-0.05, 0) is 56.4 Å². The molecule has 1 aliphatic heterocycles. The summed E-state index contributed by atoms with van der Waals surface area (Å²) < 4.78 is 39.0.